The van der Waals surface area contributed by atoms with E-state index in [2.05, 4.69) is 55.9 Å². The number of rotatable bonds is 6. The summed E-state index contributed by atoms with van der Waals surface area (Å²) in [5.74, 6) is 2.07. The molecule has 0 bridgehead atoms. The highest BCUT2D eigenvalue weighted by Gasteiger charge is 2.26. The molecular weight excluding hydrogens is 260 g/mol. The molecule has 118 valence electrons. The second-order valence-corrected chi connectivity index (χ2v) is 6.93. The minimum atomic E-state index is 0.450. The summed E-state index contributed by atoms with van der Waals surface area (Å²) in [7, 11) is 0. The van der Waals surface area contributed by atoms with E-state index in [1.54, 1.807) is 0 Å². The van der Waals surface area contributed by atoms with E-state index >= 15 is 0 Å². The lowest BCUT2D eigenvalue weighted by Crippen LogP contribution is -2.40. The van der Waals surface area contributed by atoms with Crippen LogP contribution < -0.4 is 10.2 Å². The fraction of sp³-hybridized carbons (Fsp3) is 0.765. The van der Waals surface area contributed by atoms with E-state index in [1.807, 2.05) is 0 Å². The lowest BCUT2D eigenvalue weighted by molar-refractivity contribution is 0.509. The summed E-state index contributed by atoms with van der Waals surface area (Å²) in [6, 6.07) is 2.64. The van der Waals surface area contributed by atoms with E-state index in [-0.39, 0.29) is 0 Å². The van der Waals surface area contributed by atoms with E-state index in [4.69, 9.17) is 4.98 Å². The Morgan fingerprint density at radius 1 is 1.29 bits per heavy atom. The average molecular weight is 290 g/mol. The third kappa shape index (κ3) is 4.40. The van der Waals surface area contributed by atoms with Crippen molar-refractivity contribution < 1.29 is 0 Å². The van der Waals surface area contributed by atoms with E-state index in [1.165, 1.54) is 12.8 Å². The van der Waals surface area contributed by atoms with Crippen molar-refractivity contribution in [2.45, 2.75) is 59.4 Å². The van der Waals surface area contributed by atoms with Crippen LogP contribution in [0, 0.1) is 12.8 Å². The maximum Gasteiger partial charge on any atom is 0.226 e. The van der Waals surface area contributed by atoms with Crippen molar-refractivity contribution in [1.29, 1.82) is 0 Å². The van der Waals surface area contributed by atoms with Crippen LogP contribution in [0.2, 0.25) is 0 Å². The zero-order valence-corrected chi connectivity index (χ0v) is 14.2. The van der Waals surface area contributed by atoms with Crippen molar-refractivity contribution in [1.82, 2.24) is 15.3 Å². The third-order valence-corrected chi connectivity index (χ3v) is 4.02. The fourth-order valence-corrected chi connectivity index (χ4v) is 2.85. The minimum absolute atomic E-state index is 0.450. The molecule has 0 amide bonds. The Bertz CT molecular complexity index is 456. The molecule has 1 N–H and O–H groups in total. The molecule has 1 fully saturated rings. The normalized spacial score (nSPS) is 19.0. The Morgan fingerprint density at radius 3 is 2.71 bits per heavy atom. The monoisotopic (exact) mass is 290 g/mol. The van der Waals surface area contributed by atoms with Gasteiger partial charge in [-0.3, -0.25) is 0 Å². The summed E-state index contributed by atoms with van der Waals surface area (Å²) in [4.78, 5) is 11.9. The molecule has 0 radical (unpaired) electrons. The Balaban J connectivity index is 2.08. The Hall–Kier alpha value is -1.16. The molecule has 0 spiro atoms. The quantitative estimate of drug-likeness (QED) is 0.874. The predicted molar refractivity (Wildman–Crippen MR) is 88.9 cm³/mol. The van der Waals surface area contributed by atoms with Crippen molar-refractivity contribution in [2.75, 3.05) is 24.5 Å². The van der Waals surface area contributed by atoms with Crippen LogP contribution in [0.15, 0.2) is 6.07 Å². The fourth-order valence-electron chi connectivity index (χ4n) is 2.85. The van der Waals surface area contributed by atoms with Crippen LogP contribution in [0.4, 0.5) is 5.95 Å². The van der Waals surface area contributed by atoms with Crippen LogP contribution in [-0.2, 0) is 0 Å². The van der Waals surface area contributed by atoms with Gasteiger partial charge >= 0.3 is 0 Å². The Kier molecular flexibility index (Phi) is 5.57. The third-order valence-electron chi connectivity index (χ3n) is 4.02. The number of anilines is 1. The highest BCUT2D eigenvalue weighted by atomic mass is 15.3. The van der Waals surface area contributed by atoms with Gasteiger partial charge in [-0.15, -0.1) is 0 Å². The maximum atomic E-state index is 4.80. The highest BCUT2D eigenvalue weighted by molar-refractivity contribution is 5.36. The molecule has 2 heterocycles. The standard InChI is InChI=1S/C17H30N4/c1-12(2)10-18-11-15-7-6-8-21(15)17-19-14(5)9-16(20-17)13(3)4/h9,12-13,15,18H,6-8,10-11H2,1-5H3. The van der Waals surface area contributed by atoms with E-state index < -0.39 is 0 Å². The molecule has 1 saturated heterocycles. The lowest BCUT2D eigenvalue weighted by Gasteiger charge is -2.26. The minimum Gasteiger partial charge on any atom is -0.337 e. The molecule has 1 aliphatic heterocycles. The zero-order valence-electron chi connectivity index (χ0n) is 14.2. The highest BCUT2D eigenvalue weighted by Crippen LogP contribution is 2.24. The zero-order chi connectivity index (χ0) is 15.4. The summed E-state index contributed by atoms with van der Waals surface area (Å²) in [5, 5.41) is 3.58. The topological polar surface area (TPSA) is 41.1 Å². The van der Waals surface area contributed by atoms with E-state index in [0.29, 0.717) is 17.9 Å². The van der Waals surface area contributed by atoms with Gasteiger partial charge in [0, 0.05) is 30.5 Å². The van der Waals surface area contributed by atoms with Gasteiger partial charge in [-0.1, -0.05) is 27.7 Å². The molecule has 1 unspecified atom stereocenters. The lowest BCUT2D eigenvalue weighted by atomic mass is 10.1. The predicted octanol–water partition coefficient (Wildman–Crippen LogP) is 3.12. The first-order valence-corrected chi connectivity index (χ1v) is 8.30. The Labute approximate surface area is 129 Å². The van der Waals surface area contributed by atoms with Gasteiger partial charge in [-0.2, -0.15) is 0 Å². The van der Waals surface area contributed by atoms with Crippen molar-refractivity contribution in [3.63, 3.8) is 0 Å². The molecule has 1 aromatic rings. The maximum absolute atomic E-state index is 4.80. The smallest absolute Gasteiger partial charge is 0.226 e. The van der Waals surface area contributed by atoms with Crippen LogP contribution in [0.5, 0.6) is 0 Å². The number of nitrogens with zero attached hydrogens (tertiary/aromatic N) is 3. The first-order valence-electron chi connectivity index (χ1n) is 8.30. The van der Waals surface area contributed by atoms with Gasteiger partial charge in [0.2, 0.25) is 5.95 Å². The molecule has 21 heavy (non-hydrogen) atoms. The second kappa shape index (κ2) is 7.21. The first-order chi connectivity index (χ1) is 9.97. The summed E-state index contributed by atoms with van der Waals surface area (Å²) in [5.41, 5.74) is 2.22. The van der Waals surface area contributed by atoms with Gasteiger partial charge in [0.05, 0.1) is 0 Å². The van der Waals surface area contributed by atoms with Crippen molar-refractivity contribution in [3.8, 4) is 0 Å². The van der Waals surface area contributed by atoms with Crippen molar-refractivity contribution in [2.24, 2.45) is 5.92 Å². The largest absolute Gasteiger partial charge is 0.337 e. The average Bonchev–Trinajstić information content (AvgIpc) is 2.86. The van der Waals surface area contributed by atoms with Crippen LogP contribution >= 0.6 is 0 Å². The van der Waals surface area contributed by atoms with Crippen molar-refractivity contribution in [3.05, 3.63) is 17.5 Å². The Morgan fingerprint density at radius 2 is 2.05 bits per heavy atom. The summed E-state index contributed by atoms with van der Waals surface area (Å²) in [6.07, 6.45) is 2.47. The molecule has 4 heteroatoms. The number of hydrogen-bond donors (Lipinski definition) is 1. The summed E-state index contributed by atoms with van der Waals surface area (Å²) >= 11 is 0. The van der Waals surface area contributed by atoms with Gasteiger partial charge in [0.15, 0.2) is 0 Å². The molecule has 2 rings (SSSR count). The van der Waals surface area contributed by atoms with Crippen LogP contribution in [0.3, 0.4) is 0 Å². The summed E-state index contributed by atoms with van der Waals surface area (Å²) in [6.45, 7) is 14.1. The van der Waals surface area contributed by atoms with Crippen LogP contribution in [0.1, 0.15) is 57.8 Å². The SMILES string of the molecule is Cc1cc(C(C)C)nc(N2CCCC2CNCC(C)C)n1. The van der Waals surface area contributed by atoms with E-state index in [0.717, 1.165) is 37.0 Å². The van der Waals surface area contributed by atoms with Crippen molar-refractivity contribution >= 4 is 5.95 Å². The molecule has 1 aliphatic rings. The number of nitrogens with one attached hydrogen (secondary N) is 1. The molecule has 0 aliphatic carbocycles. The van der Waals surface area contributed by atoms with Gasteiger partial charge < -0.3 is 10.2 Å². The van der Waals surface area contributed by atoms with Gasteiger partial charge in [0.1, 0.15) is 0 Å². The molecular formula is C17H30N4. The number of aryl methyl sites for hydroxylation is 1. The number of hydrogen-bond acceptors (Lipinski definition) is 4. The molecule has 0 saturated carbocycles. The molecule has 1 atom stereocenters. The van der Waals surface area contributed by atoms with Gasteiger partial charge in [-0.25, -0.2) is 9.97 Å². The molecule has 0 aromatic carbocycles. The second-order valence-electron chi connectivity index (χ2n) is 6.93. The molecule has 1 aromatic heterocycles. The van der Waals surface area contributed by atoms with Gasteiger partial charge in [0.25, 0.3) is 0 Å². The number of aromatic nitrogens is 2. The van der Waals surface area contributed by atoms with Gasteiger partial charge in [-0.05, 0) is 44.2 Å². The van der Waals surface area contributed by atoms with Crippen LogP contribution in [0.25, 0.3) is 0 Å². The van der Waals surface area contributed by atoms with E-state index in [9.17, 15) is 0 Å². The summed E-state index contributed by atoms with van der Waals surface area (Å²) < 4.78 is 0. The van der Waals surface area contributed by atoms with Crippen LogP contribution in [-0.4, -0.2) is 35.6 Å². The molecule has 4 nitrogen and oxygen atoms in total. The first kappa shape index (κ1) is 16.2.